The van der Waals surface area contributed by atoms with Gasteiger partial charge in [-0.1, -0.05) is 24.3 Å². The number of rotatable bonds is 6. The molecule has 1 aromatic rings. The Morgan fingerprint density at radius 3 is 1.46 bits per heavy atom. The first kappa shape index (κ1) is 16.6. The predicted octanol–water partition coefficient (Wildman–Crippen LogP) is 1.50. The Bertz CT molecular complexity index is 558. The molecule has 0 bridgehead atoms. The number of guanidine groups is 2. The van der Waals surface area contributed by atoms with E-state index in [1.54, 1.807) is 0 Å². The molecule has 1 aromatic carbocycles. The molecule has 0 aromatic heterocycles. The van der Waals surface area contributed by atoms with E-state index in [1.807, 2.05) is 14.1 Å². The van der Waals surface area contributed by atoms with Crippen molar-refractivity contribution in [2.24, 2.45) is 21.5 Å². The SMILES string of the molecule is CN(C(N)=NCc1ccc(CN=C(N)N(C)C2CC2)cc1)C1CC1. The molecule has 0 amide bonds. The Hall–Kier alpha value is -2.24. The fourth-order valence-electron chi connectivity index (χ4n) is 2.62. The van der Waals surface area contributed by atoms with Crippen LogP contribution >= 0.6 is 0 Å². The van der Waals surface area contributed by atoms with Gasteiger partial charge in [0.1, 0.15) is 0 Å². The number of hydrogen-bond donors (Lipinski definition) is 2. The van der Waals surface area contributed by atoms with E-state index in [1.165, 1.54) is 25.7 Å². The van der Waals surface area contributed by atoms with Crippen molar-refractivity contribution >= 4 is 11.9 Å². The number of nitrogens with zero attached hydrogens (tertiary/aromatic N) is 4. The van der Waals surface area contributed by atoms with Gasteiger partial charge in [-0.2, -0.15) is 0 Å². The van der Waals surface area contributed by atoms with Gasteiger partial charge in [-0.05, 0) is 36.8 Å². The van der Waals surface area contributed by atoms with Crippen LogP contribution in [0.2, 0.25) is 0 Å². The van der Waals surface area contributed by atoms with Crippen LogP contribution in [0.3, 0.4) is 0 Å². The third kappa shape index (κ3) is 4.40. The summed E-state index contributed by atoms with van der Waals surface area (Å²) in [5.74, 6) is 1.25. The van der Waals surface area contributed by atoms with Gasteiger partial charge in [-0.25, -0.2) is 9.98 Å². The lowest BCUT2D eigenvalue weighted by Crippen LogP contribution is -2.35. The van der Waals surface area contributed by atoms with Gasteiger partial charge in [0, 0.05) is 26.2 Å². The van der Waals surface area contributed by atoms with Gasteiger partial charge in [-0.3, -0.25) is 0 Å². The van der Waals surface area contributed by atoms with Crippen LogP contribution in [0.1, 0.15) is 36.8 Å². The van der Waals surface area contributed by atoms with Crippen LogP contribution in [-0.2, 0) is 13.1 Å². The molecule has 130 valence electrons. The van der Waals surface area contributed by atoms with Gasteiger partial charge in [0.2, 0.25) is 0 Å². The molecule has 4 N–H and O–H groups in total. The zero-order valence-electron chi connectivity index (χ0n) is 14.7. The lowest BCUT2D eigenvalue weighted by molar-refractivity contribution is 0.487. The zero-order valence-corrected chi connectivity index (χ0v) is 14.7. The first-order valence-corrected chi connectivity index (χ1v) is 8.68. The van der Waals surface area contributed by atoms with E-state index in [0.29, 0.717) is 37.1 Å². The molecule has 6 nitrogen and oxygen atoms in total. The average Bonchev–Trinajstić information content (AvgIpc) is 3.49. The van der Waals surface area contributed by atoms with Crippen molar-refractivity contribution in [3.05, 3.63) is 35.4 Å². The van der Waals surface area contributed by atoms with Gasteiger partial charge in [-0.15, -0.1) is 0 Å². The summed E-state index contributed by atoms with van der Waals surface area (Å²) < 4.78 is 0. The number of nitrogens with two attached hydrogens (primary N) is 2. The van der Waals surface area contributed by atoms with Crippen LogP contribution < -0.4 is 11.5 Å². The lowest BCUT2D eigenvalue weighted by Gasteiger charge is -2.17. The monoisotopic (exact) mass is 328 g/mol. The summed E-state index contributed by atoms with van der Waals surface area (Å²) in [5, 5.41) is 0. The Labute approximate surface area is 144 Å². The molecule has 0 spiro atoms. The Morgan fingerprint density at radius 1 is 0.833 bits per heavy atom. The van der Waals surface area contributed by atoms with Crippen molar-refractivity contribution < 1.29 is 0 Å². The average molecular weight is 328 g/mol. The number of benzene rings is 1. The van der Waals surface area contributed by atoms with Crippen LogP contribution in [-0.4, -0.2) is 47.9 Å². The normalized spacial score (nSPS) is 18.6. The molecule has 0 saturated heterocycles. The summed E-state index contributed by atoms with van der Waals surface area (Å²) >= 11 is 0. The third-order valence-corrected chi connectivity index (χ3v) is 4.78. The fraction of sp³-hybridized carbons (Fsp3) is 0.556. The second kappa shape index (κ2) is 7.11. The molecule has 2 saturated carbocycles. The molecule has 0 unspecified atom stereocenters. The Morgan fingerprint density at radius 2 is 1.17 bits per heavy atom. The summed E-state index contributed by atoms with van der Waals surface area (Å²) in [4.78, 5) is 13.1. The minimum Gasteiger partial charge on any atom is -0.370 e. The molecule has 3 rings (SSSR count). The standard InChI is InChI=1S/C18H28N6/c1-23(15-7-8-15)17(19)21-11-13-3-5-14(6-4-13)12-22-18(20)24(2)16-9-10-16/h3-6,15-16H,7-12H2,1-2H3,(H2,19,21)(H2,20,22). The highest BCUT2D eigenvalue weighted by Crippen LogP contribution is 2.25. The molecule has 6 heteroatoms. The highest BCUT2D eigenvalue weighted by Gasteiger charge is 2.27. The molecular formula is C18H28N6. The van der Waals surface area contributed by atoms with Gasteiger partial charge in [0.05, 0.1) is 13.1 Å². The molecule has 2 aliphatic rings. The summed E-state index contributed by atoms with van der Waals surface area (Å²) in [6, 6.07) is 9.51. The first-order valence-electron chi connectivity index (χ1n) is 8.68. The van der Waals surface area contributed by atoms with E-state index in [-0.39, 0.29) is 0 Å². The van der Waals surface area contributed by atoms with Crippen molar-refractivity contribution in [1.82, 2.24) is 9.80 Å². The minimum atomic E-state index is 0.591. The quantitative estimate of drug-likeness (QED) is 0.612. The largest absolute Gasteiger partial charge is 0.370 e. The van der Waals surface area contributed by atoms with Crippen LogP contribution in [0.25, 0.3) is 0 Å². The summed E-state index contributed by atoms with van der Waals surface area (Å²) in [5.41, 5.74) is 14.3. The van der Waals surface area contributed by atoms with Crippen LogP contribution in [0.15, 0.2) is 34.3 Å². The van der Waals surface area contributed by atoms with Crippen LogP contribution in [0, 0.1) is 0 Å². The molecular weight excluding hydrogens is 300 g/mol. The summed E-state index contributed by atoms with van der Waals surface area (Å²) in [6.45, 7) is 1.22. The molecule has 0 heterocycles. The number of hydrogen-bond acceptors (Lipinski definition) is 2. The Balaban J connectivity index is 1.51. The van der Waals surface area contributed by atoms with Crippen molar-refractivity contribution in [2.45, 2.75) is 50.9 Å². The topological polar surface area (TPSA) is 83.2 Å². The third-order valence-electron chi connectivity index (χ3n) is 4.78. The van der Waals surface area contributed by atoms with E-state index in [0.717, 1.165) is 11.1 Å². The smallest absolute Gasteiger partial charge is 0.191 e. The maximum Gasteiger partial charge on any atom is 0.191 e. The van der Waals surface area contributed by atoms with Gasteiger partial charge in [0.15, 0.2) is 11.9 Å². The van der Waals surface area contributed by atoms with Gasteiger partial charge >= 0.3 is 0 Å². The molecule has 0 atom stereocenters. The van der Waals surface area contributed by atoms with Crippen LogP contribution in [0.4, 0.5) is 0 Å². The summed E-state index contributed by atoms with van der Waals surface area (Å²) in [6.07, 6.45) is 4.89. The summed E-state index contributed by atoms with van der Waals surface area (Å²) in [7, 11) is 4.03. The molecule has 24 heavy (non-hydrogen) atoms. The molecule has 0 aliphatic heterocycles. The van der Waals surface area contributed by atoms with E-state index in [2.05, 4.69) is 44.1 Å². The highest BCUT2D eigenvalue weighted by atomic mass is 15.3. The second-order valence-electron chi connectivity index (χ2n) is 6.85. The highest BCUT2D eigenvalue weighted by molar-refractivity contribution is 5.78. The van der Waals surface area contributed by atoms with E-state index >= 15 is 0 Å². The Kier molecular flexibility index (Phi) is 4.92. The molecule has 2 fully saturated rings. The van der Waals surface area contributed by atoms with E-state index in [9.17, 15) is 0 Å². The molecule has 0 radical (unpaired) electrons. The molecule has 2 aliphatic carbocycles. The van der Waals surface area contributed by atoms with Crippen molar-refractivity contribution in [1.29, 1.82) is 0 Å². The van der Waals surface area contributed by atoms with Gasteiger partial charge in [0.25, 0.3) is 0 Å². The lowest BCUT2D eigenvalue weighted by atomic mass is 10.1. The van der Waals surface area contributed by atoms with Crippen molar-refractivity contribution in [3.63, 3.8) is 0 Å². The van der Waals surface area contributed by atoms with Gasteiger partial charge < -0.3 is 21.3 Å². The maximum absolute atomic E-state index is 6.01. The first-order chi connectivity index (χ1) is 11.5. The predicted molar refractivity (Wildman–Crippen MR) is 98.7 cm³/mol. The maximum atomic E-state index is 6.01. The van der Waals surface area contributed by atoms with E-state index in [4.69, 9.17) is 11.5 Å². The minimum absolute atomic E-state index is 0.591. The van der Waals surface area contributed by atoms with Crippen LogP contribution in [0.5, 0.6) is 0 Å². The zero-order chi connectivity index (χ0) is 17.1. The van der Waals surface area contributed by atoms with Crippen molar-refractivity contribution in [2.75, 3.05) is 14.1 Å². The fourth-order valence-corrected chi connectivity index (χ4v) is 2.62. The number of aliphatic imine (C=N–C) groups is 2. The second-order valence-corrected chi connectivity index (χ2v) is 6.85. The van der Waals surface area contributed by atoms with Crippen molar-refractivity contribution in [3.8, 4) is 0 Å². The van der Waals surface area contributed by atoms with E-state index < -0.39 is 0 Å².